The molecule has 1 saturated carbocycles. The molecule has 0 aromatic carbocycles. The minimum Gasteiger partial charge on any atom is -0.393 e. The van der Waals surface area contributed by atoms with Crippen LogP contribution in [0.4, 0.5) is 11.5 Å². The topological polar surface area (TPSA) is 84.4 Å². The molecule has 1 saturated heterocycles. The van der Waals surface area contributed by atoms with Gasteiger partial charge in [0, 0.05) is 26.1 Å². The molecule has 21 heavy (non-hydrogen) atoms. The van der Waals surface area contributed by atoms with Gasteiger partial charge in [0.05, 0.1) is 11.0 Å². The van der Waals surface area contributed by atoms with E-state index in [1.165, 1.54) is 0 Å². The number of anilines is 1. The van der Waals surface area contributed by atoms with E-state index in [4.69, 9.17) is 0 Å². The van der Waals surface area contributed by atoms with Crippen molar-refractivity contribution in [3.8, 4) is 0 Å². The second kappa shape index (κ2) is 5.29. The van der Waals surface area contributed by atoms with Gasteiger partial charge in [-0.15, -0.1) is 0 Å². The van der Waals surface area contributed by atoms with Crippen LogP contribution in [0.15, 0.2) is 0 Å². The van der Waals surface area contributed by atoms with Gasteiger partial charge in [-0.3, -0.25) is 10.1 Å². The summed E-state index contributed by atoms with van der Waals surface area (Å²) in [5.41, 5.74) is 0.714. The number of fused-ring (bicyclic) bond motifs is 1. The molecule has 116 valence electrons. The number of hydrogen-bond donors (Lipinski definition) is 1. The minimum absolute atomic E-state index is 0.147. The van der Waals surface area contributed by atoms with Gasteiger partial charge in [-0.2, -0.15) is 5.10 Å². The van der Waals surface area contributed by atoms with Crippen LogP contribution in [0.2, 0.25) is 0 Å². The lowest BCUT2D eigenvalue weighted by Gasteiger charge is -2.19. The molecule has 1 aromatic rings. The molecule has 2 aliphatic rings. The van der Waals surface area contributed by atoms with E-state index in [1.54, 1.807) is 11.7 Å². The third-order valence-corrected chi connectivity index (χ3v) is 4.85. The van der Waals surface area contributed by atoms with Gasteiger partial charge in [-0.1, -0.05) is 13.3 Å². The molecule has 1 N–H and O–H groups in total. The highest BCUT2D eigenvalue weighted by atomic mass is 16.6. The lowest BCUT2D eigenvalue weighted by molar-refractivity contribution is -0.384. The fourth-order valence-corrected chi connectivity index (χ4v) is 3.91. The average molecular weight is 294 g/mol. The number of aliphatic hydroxyl groups excluding tert-OH is 1. The molecule has 1 aliphatic heterocycles. The Morgan fingerprint density at radius 3 is 2.81 bits per heavy atom. The molecule has 1 aromatic heterocycles. The SMILES string of the molecule is CCCc1nn(C)c(N2CC3CCC(O)C3C2)c1[N+](=O)[O-]. The minimum atomic E-state index is -0.308. The smallest absolute Gasteiger partial charge is 0.334 e. The van der Waals surface area contributed by atoms with Gasteiger partial charge < -0.3 is 10.0 Å². The Labute approximate surface area is 123 Å². The Morgan fingerprint density at radius 1 is 1.43 bits per heavy atom. The lowest BCUT2D eigenvalue weighted by atomic mass is 10.00. The van der Waals surface area contributed by atoms with Crippen LogP contribution >= 0.6 is 0 Å². The van der Waals surface area contributed by atoms with Crippen molar-refractivity contribution in [3.63, 3.8) is 0 Å². The summed E-state index contributed by atoms with van der Waals surface area (Å²) >= 11 is 0. The van der Waals surface area contributed by atoms with Gasteiger partial charge in [0.25, 0.3) is 0 Å². The highest BCUT2D eigenvalue weighted by molar-refractivity contribution is 5.62. The molecule has 7 nitrogen and oxygen atoms in total. The normalized spacial score (nSPS) is 28.1. The van der Waals surface area contributed by atoms with Crippen molar-refractivity contribution in [2.24, 2.45) is 18.9 Å². The van der Waals surface area contributed by atoms with Crippen LogP contribution in [-0.4, -0.2) is 39.0 Å². The number of hydrogen-bond acceptors (Lipinski definition) is 5. The Hall–Kier alpha value is -1.63. The maximum absolute atomic E-state index is 11.5. The van der Waals surface area contributed by atoms with Gasteiger partial charge in [-0.25, -0.2) is 4.68 Å². The van der Waals surface area contributed by atoms with Crippen molar-refractivity contribution in [3.05, 3.63) is 15.8 Å². The Morgan fingerprint density at radius 2 is 2.19 bits per heavy atom. The zero-order valence-electron chi connectivity index (χ0n) is 12.5. The zero-order chi connectivity index (χ0) is 15.1. The molecule has 0 bridgehead atoms. The third kappa shape index (κ3) is 2.29. The zero-order valence-corrected chi connectivity index (χ0v) is 12.5. The van der Waals surface area contributed by atoms with Crippen LogP contribution in [0.1, 0.15) is 31.9 Å². The standard InChI is InChI=1S/C14H22N4O3/c1-3-4-11-13(18(20)21)14(16(2)15-11)17-7-9-5-6-12(19)10(9)8-17/h9-10,12,19H,3-8H2,1-2H3. The van der Waals surface area contributed by atoms with Crippen molar-refractivity contribution in [1.82, 2.24) is 9.78 Å². The third-order valence-electron chi connectivity index (χ3n) is 4.85. The fourth-order valence-electron chi connectivity index (χ4n) is 3.91. The van der Waals surface area contributed by atoms with Crippen molar-refractivity contribution < 1.29 is 10.0 Å². The largest absolute Gasteiger partial charge is 0.393 e. The van der Waals surface area contributed by atoms with Gasteiger partial charge in [-0.05, 0) is 25.2 Å². The van der Waals surface area contributed by atoms with Crippen LogP contribution in [-0.2, 0) is 13.5 Å². The van der Waals surface area contributed by atoms with E-state index in [-0.39, 0.29) is 22.6 Å². The molecule has 0 radical (unpaired) electrons. The van der Waals surface area contributed by atoms with Gasteiger partial charge in [0.1, 0.15) is 5.69 Å². The average Bonchev–Trinajstić information content (AvgIpc) is 3.05. The second-order valence-corrected chi connectivity index (χ2v) is 6.22. The van der Waals surface area contributed by atoms with Gasteiger partial charge in [0.2, 0.25) is 5.82 Å². The van der Waals surface area contributed by atoms with E-state index >= 15 is 0 Å². The quantitative estimate of drug-likeness (QED) is 0.672. The van der Waals surface area contributed by atoms with Crippen molar-refractivity contribution >= 4 is 11.5 Å². The summed E-state index contributed by atoms with van der Waals surface area (Å²) < 4.78 is 1.64. The van der Waals surface area contributed by atoms with Crippen molar-refractivity contribution in [1.29, 1.82) is 0 Å². The lowest BCUT2D eigenvalue weighted by Crippen LogP contribution is -2.26. The first-order valence-corrected chi connectivity index (χ1v) is 7.66. The van der Waals surface area contributed by atoms with E-state index < -0.39 is 0 Å². The molecule has 1 aliphatic carbocycles. The Bertz CT molecular complexity index is 557. The molecule has 7 heteroatoms. The van der Waals surface area contributed by atoms with Crippen molar-refractivity contribution in [2.45, 2.75) is 38.7 Å². The molecule has 2 heterocycles. The van der Waals surface area contributed by atoms with Gasteiger partial charge >= 0.3 is 5.69 Å². The van der Waals surface area contributed by atoms with E-state index in [0.717, 1.165) is 25.8 Å². The number of aromatic nitrogens is 2. The van der Waals surface area contributed by atoms with Crippen molar-refractivity contribution in [2.75, 3.05) is 18.0 Å². The van der Waals surface area contributed by atoms with Crippen LogP contribution < -0.4 is 4.90 Å². The maximum Gasteiger partial charge on any atom is 0.334 e. The number of aryl methyl sites for hydroxylation is 2. The first-order valence-electron chi connectivity index (χ1n) is 7.66. The molecule has 0 spiro atoms. The first kappa shape index (κ1) is 14.3. The summed E-state index contributed by atoms with van der Waals surface area (Å²) in [7, 11) is 1.77. The van der Waals surface area contributed by atoms with E-state index in [2.05, 4.69) is 5.10 Å². The van der Waals surface area contributed by atoms with Gasteiger partial charge in [0.15, 0.2) is 0 Å². The molecule has 2 fully saturated rings. The molecule has 3 rings (SSSR count). The summed E-state index contributed by atoms with van der Waals surface area (Å²) in [4.78, 5) is 13.2. The summed E-state index contributed by atoms with van der Waals surface area (Å²) in [6.07, 6.45) is 3.06. The summed E-state index contributed by atoms with van der Waals surface area (Å²) in [6, 6.07) is 0. The Balaban J connectivity index is 1.94. The Kier molecular flexibility index (Phi) is 3.61. The number of nitrogens with zero attached hydrogens (tertiary/aromatic N) is 4. The summed E-state index contributed by atoms with van der Waals surface area (Å²) in [5, 5.41) is 25.8. The van der Waals surface area contributed by atoms with Crippen LogP contribution in [0.25, 0.3) is 0 Å². The van der Waals surface area contributed by atoms with Crippen LogP contribution in [0.3, 0.4) is 0 Å². The highest BCUT2D eigenvalue weighted by Gasteiger charge is 2.44. The van der Waals surface area contributed by atoms with Crippen LogP contribution in [0.5, 0.6) is 0 Å². The molecule has 0 amide bonds. The maximum atomic E-state index is 11.5. The fraction of sp³-hybridized carbons (Fsp3) is 0.786. The molecule has 3 unspecified atom stereocenters. The molecule has 3 atom stereocenters. The number of aliphatic hydroxyl groups is 1. The van der Waals surface area contributed by atoms with Crippen LogP contribution in [0, 0.1) is 22.0 Å². The number of nitro groups is 1. The highest BCUT2D eigenvalue weighted by Crippen LogP contribution is 2.42. The van der Waals surface area contributed by atoms with E-state index in [0.29, 0.717) is 30.4 Å². The summed E-state index contributed by atoms with van der Waals surface area (Å²) in [5.74, 6) is 1.29. The number of rotatable bonds is 4. The van der Waals surface area contributed by atoms with E-state index in [9.17, 15) is 15.2 Å². The predicted molar refractivity (Wildman–Crippen MR) is 78.3 cm³/mol. The monoisotopic (exact) mass is 294 g/mol. The predicted octanol–water partition coefficient (Wildman–Crippen LogP) is 1.49. The van der Waals surface area contributed by atoms with E-state index in [1.807, 2.05) is 11.8 Å². The first-order chi connectivity index (χ1) is 10.0. The molecular formula is C14H22N4O3. The second-order valence-electron chi connectivity index (χ2n) is 6.22. The molecular weight excluding hydrogens is 272 g/mol. The summed E-state index contributed by atoms with van der Waals surface area (Å²) in [6.45, 7) is 3.47.